The summed E-state index contributed by atoms with van der Waals surface area (Å²) in [6.45, 7) is -1.62. The van der Waals surface area contributed by atoms with E-state index in [1.54, 1.807) is 6.07 Å². The third-order valence-electron chi connectivity index (χ3n) is 6.89. The van der Waals surface area contributed by atoms with Crippen molar-refractivity contribution in [2.75, 3.05) is 25.2 Å². The number of benzene rings is 1. The molecule has 3 heterocycles. The minimum absolute atomic E-state index is 0.00257. The van der Waals surface area contributed by atoms with Crippen LogP contribution in [0.1, 0.15) is 49.7 Å². The van der Waals surface area contributed by atoms with E-state index in [0.29, 0.717) is 24.1 Å². The first kappa shape index (κ1) is 28.1. The van der Waals surface area contributed by atoms with Gasteiger partial charge >= 0.3 is 6.18 Å². The zero-order chi connectivity index (χ0) is 29.6. The number of ether oxygens (including phenoxy) is 1. The molecule has 1 spiro atoms. The zero-order valence-electron chi connectivity index (χ0n) is 21.6. The largest absolute Gasteiger partial charge is 0.484 e. The summed E-state index contributed by atoms with van der Waals surface area (Å²) in [6.07, 6.45) is -1.08. The van der Waals surface area contributed by atoms with Crippen molar-refractivity contribution >= 4 is 21.7 Å². The average molecular weight is 589 g/mol. The second kappa shape index (κ2) is 10.2. The zero-order valence-corrected chi connectivity index (χ0v) is 22.4. The minimum atomic E-state index is -4.48. The second-order valence-electron chi connectivity index (χ2n) is 9.92. The maximum Gasteiger partial charge on any atom is 0.422 e. The van der Waals surface area contributed by atoms with Crippen molar-refractivity contribution in [2.24, 2.45) is 0 Å². The van der Waals surface area contributed by atoms with Crippen molar-refractivity contribution in [1.82, 2.24) is 25.4 Å². The SMILES string of the molecule is CS(=O)(=O)CCNC(=O)c1c2c(nn1-c1ccc(C#N)cn1)C[C@]1(CCc3cc(OCC(F)(F)F)ccc31)NC2=O. The number of alkyl halides is 3. The molecule has 1 aliphatic heterocycles. The van der Waals surface area contributed by atoms with Gasteiger partial charge in [-0.25, -0.2) is 18.1 Å². The number of pyridine rings is 1. The van der Waals surface area contributed by atoms with Gasteiger partial charge in [0, 0.05) is 25.4 Å². The normalized spacial score (nSPS) is 17.9. The fourth-order valence-corrected chi connectivity index (χ4v) is 5.59. The number of hydrogen-bond donors (Lipinski definition) is 2. The lowest BCUT2D eigenvalue weighted by Gasteiger charge is -2.35. The summed E-state index contributed by atoms with van der Waals surface area (Å²) in [5, 5.41) is 19.2. The van der Waals surface area contributed by atoms with Gasteiger partial charge in [-0.1, -0.05) is 6.07 Å². The van der Waals surface area contributed by atoms with Gasteiger partial charge in [0.2, 0.25) is 0 Å². The highest BCUT2D eigenvalue weighted by Gasteiger charge is 2.47. The molecule has 2 N–H and O–H groups in total. The molecule has 2 aliphatic rings. The summed E-state index contributed by atoms with van der Waals surface area (Å²) < 4.78 is 67.0. The summed E-state index contributed by atoms with van der Waals surface area (Å²) >= 11 is 0. The maximum atomic E-state index is 13.6. The molecule has 0 unspecified atom stereocenters. The van der Waals surface area contributed by atoms with Crippen LogP contribution in [0.5, 0.6) is 5.75 Å². The van der Waals surface area contributed by atoms with Crippen LogP contribution in [0.3, 0.4) is 0 Å². The van der Waals surface area contributed by atoms with Crippen LogP contribution in [-0.4, -0.2) is 66.3 Å². The van der Waals surface area contributed by atoms with Crippen LogP contribution in [0.25, 0.3) is 5.82 Å². The van der Waals surface area contributed by atoms with E-state index in [4.69, 9.17) is 10.00 Å². The summed E-state index contributed by atoms with van der Waals surface area (Å²) in [4.78, 5) is 31.1. The molecule has 0 saturated heterocycles. The highest BCUT2D eigenvalue weighted by Crippen LogP contribution is 2.44. The van der Waals surface area contributed by atoms with Crippen LogP contribution in [0.2, 0.25) is 0 Å². The van der Waals surface area contributed by atoms with Gasteiger partial charge in [-0.05, 0) is 48.2 Å². The van der Waals surface area contributed by atoms with Crippen LogP contribution in [0.4, 0.5) is 13.2 Å². The van der Waals surface area contributed by atoms with Crippen molar-refractivity contribution in [1.29, 1.82) is 5.26 Å². The lowest BCUT2D eigenvalue weighted by molar-refractivity contribution is -0.153. The van der Waals surface area contributed by atoms with Gasteiger partial charge in [0.15, 0.2) is 12.4 Å². The molecule has 0 bridgehead atoms. The monoisotopic (exact) mass is 588 g/mol. The highest BCUT2D eigenvalue weighted by atomic mass is 32.2. The number of nitrogens with one attached hydrogen (secondary N) is 2. The molecule has 2 amide bonds. The number of rotatable bonds is 7. The molecule has 0 fully saturated rings. The Morgan fingerprint density at radius 1 is 1.29 bits per heavy atom. The van der Waals surface area contributed by atoms with Crippen LogP contribution < -0.4 is 15.4 Å². The first-order chi connectivity index (χ1) is 19.3. The molecule has 214 valence electrons. The van der Waals surface area contributed by atoms with E-state index in [1.165, 1.54) is 35.1 Å². The molecule has 2 aromatic heterocycles. The summed E-state index contributed by atoms with van der Waals surface area (Å²) in [5.74, 6) is -1.43. The minimum Gasteiger partial charge on any atom is -0.484 e. The van der Waals surface area contributed by atoms with E-state index in [1.807, 2.05) is 6.07 Å². The Hall–Kier alpha value is -4.45. The Kier molecular flexibility index (Phi) is 6.98. The number of carbonyl (C=O) groups is 2. The lowest BCUT2D eigenvalue weighted by Crippen LogP contribution is -2.50. The first-order valence-corrected chi connectivity index (χ1v) is 14.4. The fourth-order valence-electron chi connectivity index (χ4n) is 5.12. The predicted molar refractivity (Wildman–Crippen MR) is 137 cm³/mol. The summed E-state index contributed by atoms with van der Waals surface area (Å²) in [5.41, 5.74) is 0.926. The van der Waals surface area contributed by atoms with Crippen LogP contribution >= 0.6 is 0 Å². The van der Waals surface area contributed by atoms with E-state index in [2.05, 4.69) is 20.7 Å². The average Bonchev–Trinajstić information content (AvgIpc) is 3.45. The van der Waals surface area contributed by atoms with E-state index in [-0.39, 0.29) is 47.1 Å². The van der Waals surface area contributed by atoms with E-state index < -0.39 is 40.0 Å². The highest BCUT2D eigenvalue weighted by molar-refractivity contribution is 7.90. The molecule has 0 saturated carbocycles. The van der Waals surface area contributed by atoms with Crippen molar-refractivity contribution in [3.8, 4) is 17.6 Å². The molecule has 5 rings (SSSR count). The van der Waals surface area contributed by atoms with Crippen LogP contribution in [0, 0.1) is 11.3 Å². The Bertz CT molecular complexity index is 1700. The van der Waals surface area contributed by atoms with Gasteiger partial charge in [-0.15, -0.1) is 0 Å². The Labute approximate surface area is 232 Å². The third-order valence-corrected chi connectivity index (χ3v) is 7.84. The van der Waals surface area contributed by atoms with Gasteiger partial charge in [-0.3, -0.25) is 9.59 Å². The van der Waals surface area contributed by atoms with Crippen molar-refractivity contribution in [3.63, 3.8) is 0 Å². The van der Waals surface area contributed by atoms with E-state index in [9.17, 15) is 31.2 Å². The number of nitriles is 1. The summed E-state index contributed by atoms with van der Waals surface area (Å²) in [6, 6.07) is 9.45. The standard InChI is InChI=1S/C26H23F3N6O5S/c1-41(38,39)9-8-31-24(37)22-21-19(34-35(22)20-5-2-15(12-30)13-32-20)11-25(33-23(21)36)7-6-16-10-17(3-4-18(16)25)40-14-26(27,28)29/h2-5,10,13H,6-9,11,14H2,1H3,(H,31,37)(H,33,36)/t25-/m0/s1. The maximum absolute atomic E-state index is 13.6. The number of fused-ring (bicyclic) bond motifs is 3. The van der Waals surface area contributed by atoms with Gasteiger partial charge < -0.3 is 15.4 Å². The molecule has 1 aliphatic carbocycles. The van der Waals surface area contributed by atoms with Crippen LogP contribution in [-0.2, 0) is 28.2 Å². The number of aryl methyl sites for hydroxylation is 1. The van der Waals surface area contributed by atoms with E-state index in [0.717, 1.165) is 11.8 Å². The number of aromatic nitrogens is 3. The van der Waals surface area contributed by atoms with Gasteiger partial charge in [0.1, 0.15) is 27.3 Å². The van der Waals surface area contributed by atoms with Gasteiger partial charge in [0.05, 0.1) is 28.1 Å². The molecule has 3 aromatic rings. The molecule has 15 heteroatoms. The molecular weight excluding hydrogens is 565 g/mol. The van der Waals surface area contributed by atoms with Crippen molar-refractivity contribution in [2.45, 2.75) is 31.0 Å². The first-order valence-electron chi connectivity index (χ1n) is 12.4. The smallest absolute Gasteiger partial charge is 0.422 e. The number of sulfone groups is 1. The number of nitrogens with zero attached hydrogens (tertiary/aromatic N) is 4. The predicted octanol–water partition coefficient (Wildman–Crippen LogP) is 1.98. The molecule has 11 nitrogen and oxygen atoms in total. The number of carbonyl (C=O) groups excluding carboxylic acids is 2. The fraction of sp³-hybridized carbons (Fsp3) is 0.346. The van der Waals surface area contributed by atoms with Gasteiger partial charge in [-0.2, -0.15) is 23.5 Å². The van der Waals surface area contributed by atoms with Gasteiger partial charge in [0.25, 0.3) is 11.8 Å². The topological polar surface area (TPSA) is 156 Å². The van der Waals surface area contributed by atoms with Crippen molar-refractivity contribution in [3.05, 3.63) is 70.2 Å². The Morgan fingerprint density at radius 3 is 2.73 bits per heavy atom. The molecule has 0 radical (unpaired) electrons. The van der Waals surface area contributed by atoms with Crippen molar-refractivity contribution < 1.29 is 35.9 Å². The number of amides is 2. The Balaban J connectivity index is 1.51. The molecule has 1 aromatic carbocycles. The third kappa shape index (κ3) is 5.73. The quantitative estimate of drug-likeness (QED) is 0.425. The molecule has 41 heavy (non-hydrogen) atoms. The van der Waals surface area contributed by atoms with Crippen LogP contribution in [0.15, 0.2) is 36.5 Å². The summed E-state index contributed by atoms with van der Waals surface area (Å²) in [7, 11) is -3.37. The number of hydrogen-bond acceptors (Lipinski definition) is 8. The number of halogens is 3. The van der Waals surface area contributed by atoms with E-state index >= 15 is 0 Å². The molecular formula is C26H23F3N6O5S. The lowest BCUT2D eigenvalue weighted by atomic mass is 9.82. The molecule has 1 atom stereocenters. The Morgan fingerprint density at radius 2 is 2.07 bits per heavy atom. The second-order valence-corrected chi connectivity index (χ2v) is 12.2.